The van der Waals surface area contributed by atoms with Crippen molar-refractivity contribution in [1.82, 2.24) is 4.98 Å². The number of nitrogens with zero attached hydrogens (tertiary/aromatic N) is 1. The third-order valence-electron chi connectivity index (χ3n) is 2.26. The van der Waals surface area contributed by atoms with E-state index in [-0.39, 0.29) is 27.0 Å². The molecule has 7 heteroatoms. The number of carbonyl (C=O) groups is 1. The molecule has 1 amide bonds. The van der Waals surface area contributed by atoms with E-state index in [1.807, 2.05) is 0 Å². The van der Waals surface area contributed by atoms with Crippen LogP contribution in [0.25, 0.3) is 0 Å². The second-order valence-electron chi connectivity index (χ2n) is 3.83. The second kappa shape index (κ2) is 6.31. The van der Waals surface area contributed by atoms with Crippen LogP contribution in [0.5, 0.6) is 11.6 Å². The van der Waals surface area contributed by atoms with Gasteiger partial charge in [0.2, 0.25) is 11.8 Å². The summed E-state index contributed by atoms with van der Waals surface area (Å²) in [6, 6.07) is 8.33. The minimum Gasteiger partial charge on any atom is -0.435 e. The molecule has 1 aromatic heterocycles. The number of amides is 1. The highest BCUT2D eigenvalue weighted by atomic mass is 35.5. The minimum atomic E-state index is -0.214. The Morgan fingerprint density at radius 3 is 2.60 bits per heavy atom. The number of nitrogens with one attached hydrogen (secondary N) is 1. The fraction of sp³-hybridized carbons (Fsp3) is 0.0769. The number of benzene rings is 1. The lowest BCUT2D eigenvalue weighted by Crippen LogP contribution is -2.07. The first-order valence-electron chi connectivity index (χ1n) is 5.53. The van der Waals surface area contributed by atoms with Gasteiger partial charge in [0.1, 0.15) is 5.02 Å². The van der Waals surface area contributed by atoms with Crippen molar-refractivity contribution in [1.29, 1.82) is 0 Å². The maximum absolute atomic E-state index is 11.1. The number of aromatic nitrogens is 1. The fourth-order valence-corrected chi connectivity index (χ4v) is 1.98. The van der Waals surface area contributed by atoms with Gasteiger partial charge < -0.3 is 10.1 Å². The first-order valence-corrected chi connectivity index (χ1v) is 6.67. The van der Waals surface area contributed by atoms with E-state index in [0.29, 0.717) is 11.4 Å². The fourth-order valence-electron chi connectivity index (χ4n) is 1.45. The Hall–Kier alpha value is -1.49. The number of hydrogen-bond acceptors (Lipinski definition) is 3. The van der Waals surface area contributed by atoms with Gasteiger partial charge in [-0.15, -0.1) is 0 Å². The third kappa shape index (κ3) is 3.54. The topological polar surface area (TPSA) is 51.2 Å². The van der Waals surface area contributed by atoms with Gasteiger partial charge in [0.15, 0.2) is 10.9 Å². The Balaban J connectivity index is 2.35. The molecule has 20 heavy (non-hydrogen) atoms. The molecule has 0 aliphatic rings. The van der Waals surface area contributed by atoms with Crippen LogP contribution < -0.4 is 10.1 Å². The Bertz CT molecular complexity index is 662. The maximum atomic E-state index is 11.1. The van der Waals surface area contributed by atoms with E-state index in [2.05, 4.69) is 10.3 Å². The predicted octanol–water partition coefficient (Wildman–Crippen LogP) is 4.79. The molecular weight excluding hydrogens is 323 g/mol. The molecule has 0 saturated carbocycles. The Kier molecular flexibility index (Phi) is 4.70. The van der Waals surface area contributed by atoms with E-state index < -0.39 is 0 Å². The summed E-state index contributed by atoms with van der Waals surface area (Å²) >= 11 is 17.6. The highest BCUT2D eigenvalue weighted by Gasteiger charge is 2.12. The van der Waals surface area contributed by atoms with Crippen LogP contribution in [-0.2, 0) is 4.79 Å². The standard InChI is InChI=1S/C13H9Cl3N2O2/c1-7(19)17-10-4-2-3-5-11(10)20-13-9(15)6-8(14)12(16)18-13/h2-6H,1H3,(H,17,19). The highest BCUT2D eigenvalue weighted by Crippen LogP contribution is 2.35. The van der Waals surface area contributed by atoms with Crippen LogP contribution in [0.15, 0.2) is 30.3 Å². The third-order valence-corrected chi connectivity index (χ3v) is 3.20. The predicted molar refractivity (Wildman–Crippen MR) is 80.1 cm³/mol. The molecule has 0 fully saturated rings. The van der Waals surface area contributed by atoms with Gasteiger partial charge in [-0.1, -0.05) is 46.9 Å². The van der Waals surface area contributed by atoms with Gasteiger partial charge in [0.25, 0.3) is 0 Å². The summed E-state index contributed by atoms with van der Waals surface area (Å²) in [5.74, 6) is 0.295. The van der Waals surface area contributed by atoms with E-state index in [9.17, 15) is 4.79 Å². The molecule has 104 valence electrons. The maximum Gasteiger partial charge on any atom is 0.239 e. The van der Waals surface area contributed by atoms with Gasteiger partial charge in [-0.3, -0.25) is 4.79 Å². The van der Waals surface area contributed by atoms with Crippen molar-refractivity contribution in [3.05, 3.63) is 45.5 Å². The molecule has 2 rings (SSSR count). The number of para-hydroxylation sites is 2. The average Bonchev–Trinajstić information content (AvgIpc) is 2.37. The SMILES string of the molecule is CC(=O)Nc1ccccc1Oc1nc(Cl)c(Cl)cc1Cl. The van der Waals surface area contributed by atoms with Crippen molar-refractivity contribution < 1.29 is 9.53 Å². The number of carbonyl (C=O) groups excluding carboxylic acids is 1. The van der Waals surface area contributed by atoms with E-state index >= 15 is 0 Å². The summed E-state index contributed by atoms with van der Waals surface area (Å²) in [7, 11) is 0. The molecule has 0 aliphatic carbocycles. The van der Waals surface area contributed by atoms with E-state index in [1.165, 1.54) is 13.0 Å². The quantitative estimate of drug-likeness (QED) is 0.822. The highest BCUT2D eigenvalue weighted by molar-refractivity contribution is 6.42. The first-order chi connectivity index (χ1) is 9.47. The summed E-state index contributed by atoms with van der Waals surface area (Å²) in [6.07, 6.45) is 0. The largest absolute Gasteiger partial charge is 0.435 e. The molecule has 1 heterocycles. The second-order valence-corrected chi connectivity index (χ2v) is 5.00. The molecule has 0 bridgehead atoms. The van der Waals surface area contributed by atoms with Gasteiger partial charge in [0.05, 0.1) is 10.7 Å². The van der Waals surface area contributed by atoms with Gasteiger partial charge in [-0.25, -0.2) is 0 Å². The lowest BCUT2D eigenvalue weighted by Gasteiger charge is -2.11. The van der Waals surface area contributed by atoms with Crippen molar-refractivity contribution in [2.24, 2.45) is 0 Å². The summed E-state index contributed by atoms with van der Waals surface area (Å²) in [5.41, 5.74) is 0.504. The van der Waals surface area contributed by atoms with Crippen molar-refractivity contribution >= 4 is 46.4 Å². The van der Waals surface area contributed by atoms with E-state index in [1.54, 1.807) is 24.3 Å². The lowest BCUT2D eigenvalue weighted by molar-refractivity contribution is -0.114. The molecule has 2 aromatic rings. The number of hydrogen-bond donors (Lipinski definition) is 1. The summed E-state index contributed by atoms with van der Waals surface area (Å²) in [6.45, 7) is 1.40. The van der Waals surface area contributed by atoms with Crippen molar-refractivity contribution in [2.45, 2.75) is 6.92 Å². The van der Waals surface area contributed by atoms with Gasteiger partial charge >= 0.3 is 0 Å². The normalized spacial score (nSPS) is 10.2. The van der Waals surface area contributed by atoms with E-state index in [4.69, 9.17) is 39.5 Å². The minimum absolute atomic E-state index is 0.0862. The molecule has 1 N–H and O–H groups in total. The number of ether oxygens (including phenoxy) is 1. The molecule has 0 spiro atoms. The molecule has 0 radical (unpaired) electrons. The number of anilines is 1. The van der Waals surface area contributed by atoms with Crippen LogP contribution in [0.4, 0.5) is 5.69 Å². The van der Waals surface area contributed by atoms with Gasteiger partial charge in [-0.05, 0) is 18.2 Å². The van der Waals surface area contributed by atoms with Crippen molar-refractivity contribution in [2.75, 3.05) is 5.32 Å². The molecule has 0 aliphatic heterocycles. The monoisotopic (exact) mass is 330 g/mol. The summed E-state index contributed by atoms with van der Waals surface area (Å²) in [5, 5.41) is 3.19. The smallest absolute Gasteiger partial charge is 0.239 e. The molecule has 1 aromatic carbocycles. The molecule has 0 saturated heterocycles. The van der Waals surface area contributed by atoms with Crippen LogP contribution in [0.3, 0.4) is 0 Å². The number of pyridine rings is 1. The molecular formula is C13H9Cl3N2O2. The molecule has 0 unspecified atom stereocenters. The van der Waals surface area contributed by atoms with Gasteiger partial charge in [0, 0.05) is 6.92 Å². The number of halogens is 3. The van der Waals surface area contributed by atoms with Crippen molar-refractivity contribution in [3.63, 3.8) is 0 Å². The van der Waals surface area contributed by atoms with Crippen LogP contribution in [-0.4, -0.2) is 10.9 Å². The zero-order chi connectivity index (χ0) is 14.7. The van der Waals surface area contributed by atoms with Crippen LogP contribution in [0, 0.1) is 0 Å². The molecule has 4 nitrogen and oxygen atoms in total. The van der Waals surface area contributed by atoms with Crippen molar-refractivity contribution in [3.8, 4) is 11.6 Å². The Morgan fingerprint density at radius 1 is 1.20 bits per heavy atom. The Labute approximate surface area is 130 Å². The summed E-state index contributed by atoms with van der Waals surface area (Å²) < 4.78 is 5.58. The first kappa shape index (κ1) is 14.9. The van der Waals surface area contributed by atoms with E-state index in [0.717, 1.165) is 0 Å². The zero-order valence-corrected chi connectivity index (χ0v) is 12.6. The lowest BCUT2D eigenvalue weighted by atomic mass is 10.3. The van der Waals surface area contributed by atoms with Gasteiger partial charge in [-0.2, -0.15) is 4.98 Å². The average molecular weight is 332 g/mol. The number of rotatable bonds is 3. The van der Waals surface area contributed by atoms with Crippen LogP contribution >= 0.6 is 34.8 Å². The molecule has 0 atom stereocenters. The zero-order valence-electron chi connectivity index (χ0n) is 10.3. The van der Waals surface area contributed by atoms with Crippen LogP contribution in [0.2, 0.25) is 15.2 Å². The van der Waals surface area contributed by atoms with Crippen LogP contribution in [0.1, 0.15) is 6.92 Å². The Morgan fingerprint density at radius 2 is 1.90 bits per heavy atom. The summed E-state index contributed by atoms with van der Waals surface area (Å²) in [4.78, 5) is 15.1.